The number of nitriles is 1. The molecule has 1 atom stereocenters. The van der Waals surface area contributed by atoms with Crippen LogP contribution < -0.4 is 0 Å². The van der Waals surface area contributed by atoms with E-state index in [9.17, 15) is 4.39 Å². The molecular formula is C14H17FN2. The summed E-state index contributed by atoms with van der Waals surface area (Å²) in [4.78, 5) is 2.32. The Labute approximate surface area is 102 Å². The summed E-state index contributed by atoms with van der Waals surface area (Å²) in [6.45, 7) is 3.83. The molecule has 1 unspecified atom stereocenters. The van der Waals surface area contributed by atoms with Crippen LogP contribution >= 0.6 is 0 Å². The van der Waals surface area contributed by atoms with Crippen LogP contribution in [0.25, 0.3) is 0 Å². The highest BCUT2D eigenvalue weighted by Gasteiger charge is 2.23. The second kappa shape index (κ2) is 5.29. The van der Waals surface area contributed by atoms with Gasteiger partial charge in [-0.2, -0.15) is 5.26 Å². The molecule has 0 aliphatic carbocycles. The van der Waals surface area contributed by atoms with Crippen molar-refractivity contribution >= 4 is 0 Å². The van der Waals surface area contributed by atoms with Gasteiger partial charge in [0.25, 0.3) is 0 Å². The number of halogens is 1. The fourth-order valence-corrected chi connectivity index (χ4v) is 2.57. The Balaban J connectivity index is 2.16. The van der Waals surface area contributed by atoms with Gasteiger partial charge < -0.3 is 0 Å². The monoisotopic (exact) mass is 232 g/mol. The Bertz CT molecular complexity index is 436. The summed E-state index contributed by atoms with van der Waals surface area (Å²) in [7, 11) is 0. The van der Waals surface area contributed by atoms with E-state index >= 15 is 0 Å². The van der Waals surface area contributed by atoms with Gasteiger partial charge in [-0.05, 0) is 31.9 Å². The van der Waals surface area contributed by atoms with Gasteiger partial charge >= 0.3 is 0 Å². The van der Waals surface area contributed by atoms with Crippen LogP contribution in [-0.4, -0.2) is 17.5 Å². The Kier molecular flexibility index (Phi) is 3.75. The van der Waals surface area contributed by atoms with Gasteiger partial charge in [0, 0.05) is 18.2 Å². The molecular weight excluding hydrogens is 215 g/mol. The van der Waals surface area contributed by atoms with Crippen LogP contribution in [0.2, 0.25) is 0 Å². The predicted octanol–water partition coefficient (Wildman–Crippen LogP) is 3.07. The molecule has 17 heavy (non-hydrogen) atoms. The molecule has 0 aromatic heterocycles. The van der Waals surface area contributed by atoms with Crippen molar-refractivity contribution in [3.8, 4) is 6.07 Å². The van der Waals surface area contributed by atoms with Crippen LogP contribution in [0.5, 0.6) is 0 Å². The van der Waals surface area contributed by atoms with Gasteiger partial charge in [0.2, 0.25) is 0 Å². The van der Waals surface area contributed by atoms with Gasteiger partial charge in [0.15, 0.2) is 0 Å². The Morgan fingerprint density at radius 2 is 2.35 bits per heavy atom. The third kappa shape index (κ3) is 2.48. The number of hydrogen-bond donors (Lipinski definition) is 0. The first-order valence-corrected chi connectivity index (χ1v) is 6.17. The average Bonchev–Trinajstić information content (AvgIpc) is 2.79. The summed E-state index contributed by atoms with van der Waals surface area (Å²) in [5, 5.41) is 8.80. The lowest BCUT2D eigenvalue weighted by atomic mass is 10.1. The van der Waals surface area contributed by atoms with Crippen molar-refractivity contribution in [2.24, 2.45) is 0 Å². The van der Waals surface area contributed by atoms with Crippen LogP contribution in [0.4, 0.5) is 4.39 Å². The van der Waals surface area contributed by atoms with Gasteiger partial charge in [-0.25, -0.2) is 4.39 Å². The van der Waals surface area contributed by atoms with Crippen LogP contribution in [0.1, 0.15) is 37.3 Å². The molecule has 0 saturated carbocycles. The molecule has 2 nitrogen and oxygen atoms in total. The number of likely N-dealkylation sites (tertiary alicyclic amines) is 1. The van der Waals surface area contributed by atoms with E-state index in [1.165, 1.54) is 18.9 Å². The van der Waals surface area contributed by atoms with Crippen molar-refractivity contribution in [1.82, 2.24) is 4.90 Å². The van der Waals surface area contributed by atoms with Crippen LogP contribution in [0.3, 0.4) is 0 Å². The lowest BCUT2D eigenvalue weighted by molar-refractivity contribution is 0.237. The van der Waals surface area contributed by atoms with E-state index in [0.717, 1.165) is 13.0 Å². The van der Waals surface area contributed by atoms with E-state index in [-0.39, 0.29) is 11.4 Å². The first-order valence-electron chi connectivity index (χ1n) is 6.17. The first kappa shape index (κ1) is 12.1. The fourth-order valence-electron chi connectivity index (χ4n) is 2.57. The van der Waals surface area contributed by atoms with E-state index < -0.39 is 0 Å². The van der Waals surface area contributed by atoms with Crippen molar-refractivity contribution in [2.45, 2.75) is 38.8 Å². The third-order valence-electron chi connectivity index (χ3n) is 3.54. The summed E-state index contributed by atoms with van der Waals surface area (Å²) in [6, 6.07) is 7.53. The number of benzene rings is 1. The van der Waals surface area contributed by atoms with Crippen molar-refractivity contribution in [1.29, 1.82) is 5.26 Å². The zero-order valence-corrected chi connectivity index (χ0v) is 10.1. The molecule has 1 heterocycles. The zero-order valence-electron chi connectivity index (χ0n) is 10.1. The SMILES string of the molecule is CCC1CCCN1Cc1cccc(C#N)c1F. The lowest BCUT2D eigenvalue weighted by Crippen LogP contribution is -2.28. The fraction of sp³-hybridized carbons (Fsp3) is 0.500. The number of nitrogens with zero attached hydrogens (tertiary/aromatic N) is 2. The van der Waals surface area contributed by atoms with Crippen LogP contribution in [0, 0.1) is 17.1 Å². The first-order chi connectivity index (χ1) is 8.26. The third-order valence-corrected chi connectivity index (χ3v) is 3.54. The van der Waals surface area contributed by atoms with Gasteiger partial charge in [-0.3, -0.25) is 4.90 Å². The standard InChI is InChI=1S/C14H17FN2/c1-2-13-7-4-8-17(13)10-12-6-3-5-11(9-16)14(12)15/h3,5-6,13H,2,4,7-8,10H2,1H3. The maximum absolute atomic E-state index is 13.9. The van der Waals surface area contributed by atoms with E-state index in [2.05, 4.69) is 11.8 Å². The van der Waals surface area contributed by atoms with E-state index in [4.69, 9.17) is 5.26 Å². The van der Waals surface area contributed by atoms with E-state index in [1.54, 1.807) is 12.1 Å². The van der Waals surface area contributed by atoms with Crippen molar-refractivity contribution < 1.29 is 4.39 Å². The largest absolute Gasteiger partial charge is 0.296 e. The summed E-state index contributed by atoms with van der Waals surface area (Å²) in [5.41, 5.74) is 0.791. The maximum atomic E-state index is 13.9. The number of rotatable bonds is 3. The molecule has 0 bridgehead atoms. The van der Waals surface area contributed by atoms with Crippen LogP contribution in [-0.2, 0) is 6.54 Å². The van der Waals surface area contributed by atoms with Crippen molar-refractivity contribution in [2.75, 3.05) is 6.54 Å². The molecule has 1 fully saturated rings. The Hall–Kier alpha value is -1.40. The molecule has 1 aliphatic rings. The summed E-state index contributed by atoms with van der Waals surface area (Å²) in [5.74, 6) is -0.350. The van der Waals surface area contributed by atoms with Crippen molar-refractivity contribution in [3.63, 3.8) is 0 Å². The maximum Gasteiger partial charge on any atom is 0.145 e. The highest BCUT2D eigenvalue weighted by Crippen LogP contribution is 2.23. The molecule has 2 rings (SSSR count). The minimum atomic E-state index is -0.350. The Morgan fingerprint density at radius 1 is 1.53 bits per heavy atom. The Morgan fingerprint density at radius 3 is 3.06 bits per heavy atom. The second-order valence-electron chi connectivity index (χ2n) is 4.57. The smallest absolute Gasteiger partial charge is 0.145 e. The van der Waals surface area contributed by atoms with E-state index in [0.29, 0.717) is 18.2 Å². The molecule has 1 aromatic carbocycles. The second-order valence-corrected chi connectivity index (χ2v) is 4.57. The highest BCUT2D eigenvalue weighted by atomic mass is 19.1. The number of hydrogen-bond acceptors (Lipinski definition) is 2. The quantitative estimate of drug-likeness (QED) is 0.800. The predicted molar refractivity (Wildman–Crippen MR) is 64.8 cm³/mol. The minimum absolute atomic E-state index is 0.148. The lowest BCUT2D eigenvalue weighted by Gasteiger charge is -2.23. The highest BCUT2D eigenvalue weighted by molar-refractivity contribution is 5.34. The molecule has 3 heteroatoms. The molecule has 90 valence electrons. The van der Waals surface area contributed by atoms with E-state index in [1.807, 2.05) is 6.07 Å². The molecule has 1 aliphatic heterocycles. The average molecular weight is 232 g/mol. The molecule has 1 saturated heterocycles. The zero-order chi connectivity index (χ0) is 12.3. The van der Waals surface area contributed by atoms with Gasteiger partial charge in [0.1, 0.15) is 11.9 Å². The molecule has 0 spiro atoms. The summed E-state index contributed by atoms with van der Waals surface area (Å²) < 4.78 is 13.9. The molecule has 0 N–H and O–H groups in total. The molecule has 1 aromatic rings. The van der Waals surface area contributed by atoms with Gasteiger partial charge in [-0.1, -0.05) is 19.1 Å². The summed E-state index contributed by atoms with van der Waals surface area (Å²) >= 11 is 0. The minimum Gasteiger partial charge on any atom is -0.296 e. The molecule has 0 radical (unpaired) electrons. The van der Waals surface area contributed by atoms with Crippen molar-refractivity contribution in [3.05, 3.63) is 35.1 Å². The van der Waals surface area contributed by atoms with Crippen LogP contribution in [0.15, 0.2) is 18.2 Å². The normalized spacial score (nSPS) is 20.4. The molecule has 0 amide bonds. The van der Waals surface area contributed by atoms with Gasteiger partial charge in [0.05, 0.1) is 5.56 Å². The summed E-state index contributed by atoms with van der Waals surface area (Å²) in [6.07, 6.45) is 3.51. The topological polar surface area (TPSA) is 27.0 Å². The van der Waals surface area contributed by atoms with Gasteiger partial charge in [-0.15, -0.1) is 0 Å².